The maximum atomic E-state index is 10.6. The summed E-state index contributed by atoms with van der Waals surface area (Å²) in [5, 5.41) is 10.6. The summed E-state index contributed by atoms with van der Waals surface area (Å²) in [6.45, 7) is 6.54. The molecule has 0 amide bonds. The van der Waals surface area contributed by atoms with Gasteiger partial charge in [0, 0.05) is 16.8 Å². The van der Waals surface area contributed by atoms with E-state index in [4.69, 9.17) is 11.6 Å². The van der Waals surface area contributed by atoms with Crippen molar-refractivity contribution in [1.29, 1.82) is 0 Å². The van der Waals surface area contributed by atoms with Crippen molar-refractivity contribution in [2.45, 2.75) is 57.6 Å². The zero-order valence-corrected chi connectivity index (χ0v) is 13.4. The lowest BCUT2D eigenvalue weighted by Crippen LogP contribution is -2.53. The van der Waals surface area contributed by atoms with Crippen LogP contribution in [0.15, 0.2) is 12.1 Å². The number of halogens is 1. The molecule has 0 saturated carbocycles. The summed E-state index contributed by atoms with van der Waals surface area (Å²) in [7, 11) is 0. The molecule has 0 spiro atoms. The van der Waals surface area contributed by atoms with Gasteiger partial charge in [0.1, 0.15) is 0 Å². The third kappa shape index (κ3) is 3.94. The van der Waals surface area contributed by atoms with Gasteiger partial charge in [-0.05, 0) is 51.9 Å². The molecule has 108 valence electrons. The van der Waals surface area contributed by atoms with Crippen LogP contribution in [0.3, 0.4) is 0 Å². The molecule has 1 aliphatic heterocycles. The van der Waals surface area contributed by atoms with Crippen LogP contribution in [-0.4, -0.2) is 34.7 Å². The molecule has 0 bridgehead atoms. The van der Waals surface area contributed by atoms with Gasteiger partial charge in [0.2, 0.25) is 0 Å². The van der Waals surface area contributed by atoms with Gasteiger partial charge in [-0.15, -0.1) is 11.3 Å². The van der Waals surface area contributed by atoms with Crippen molar-refractivity contribution in [3.8, 4) is 0 Å². The van der Waals surface area contributed by atoms with Crippen LogP contribution in [0.1, 0.15) is 44.4 Å². The normalized spacial score (nSPS) is 20.2. The van der Waals surface area contributed by atoms with E-state index < -0.39 is 0 Å². The van der Waals surface area contributed by atoms with E-state index in [0.717, 1.165) is 17.4 Å². The van der Waals surface area contributed by atoms with Crippen molar-refractivity contribution >= 4 is 22.9 Å². The van der Waals surface area contributed by atoms with Gasteiger partial charge in [-0.1, -0.05) is 24.4 Å². The second-order valence-corrected chi connectivity index (χ2v) is 7.78. The van der Waals surface area contributed by atoms with Gasteiger partial charge in [-0.3, -0.25) is 4.90 Å². The van der Waals surface area contributed by atoms with Crippen LogP contribution in [0.4, 0.5) is 0 Å². The average molecular weight is 302 g/mol. The number of aliphatic hydroxyl groups is 1. The zero-order valence-electron chi connectivity index (χ0n) is 11.9. The first-order chi connectivity index (χ1) is 9.00. The van der Waals surface area contributed by atoms with Gasteiger partial charge in [0.15, 0.2) is 0 Å². The van der Waals surface area contributed by atoms with E-state index in [9.17, 15) is 5.11 Å². The molecule has 0 aromatic carbocycles. The first kappa shape index (κ1) is 15.3. The highest BCUT2D eigenvalue weighted by atomic mass is 35.5. The highest BCUT2D eigenvalue weighted by molar-refractivity contribution is 7.16. The molecule has 1 saturated heterocycles. The number of likely N-dealkylation sites (tertiary alicyclic amines) is 1. The van der Waals surface area contributed by atoms with Crippen molar-refractivity contribution in [3.63, 3.8) is 0 Å². The van der Waals surface area contributed by atoms with Crippen molar-refractivity contribution < 1.29 is 5.11 Å². The molecule has 1 aromatic rings. The van der Waals surface area contributed by atoms with Crippen LogP contribution in [0.25, 0.3) is 0 Å². The highest BCUT2D eigenvalue weighted by Crippen LogP contribution is 2.28. The number of aliphatic hydroxyl groups excluding tert-OH is 1. The fourth-order valence-corrected chi connectivity index (χ4v) is 3.88. The summed E-state index contributed by atoms with van der Waals surface area (Å²) in [5.41, 5.74) is -0.166. The predicted octanol–water partition coefficient (Wildman–Crippen LogP) is 3.96. The summed E-state index contributed by atoms with van der Waals surface area (Å²) in [6, 6.07) is 3.93. The van der Waals surface area contributed by atoms with Gasteiger partial charge in [-0.25, -0.2) is 0 Å². The second-order valence-electron chi connectivity index (χ2n) is 5.98. The van der Waals surface area contributed by atoms with E-state index in [1.807, 2.05) is 12.1 Å². The molecular formula is C15H24ClNOS. The first-order valence-electron chi connectivity index (χ1n) is 7.17. The molecule has 1 aromatic heterocycles. The van der Waals surface area contributed by atoms with Crippen LogP contribution in [0.5, 0.6) is 0 Å². The summed E-state index contributed by atoms with van der Waals surface area (Å²) >= 11 is 7.52. The quantitative estimate of drug-likeness (QED) is 0.910. The van der Waals surface area contributed by atoms with E-state index >= 15 is 0 Å². The van der Waals surface area contributed by atoms with Crippen LogP contribution < -0.4 is 0 Å². The van der Waals surface area contributed by atoms with E-state index in [0.29, 0.717) is 6.42 Å². The Kier molecular flexibility index (Phi) is 5.29. The van der Waals surface area contributed by atoms with Crippen molar-refractivity contribution in [2.24, 2.45) is 0 Å². The molecule has 1 atom stereocenters. The third-order valence-corrected chi connectivity index (χ3v) is 5.51. The first-order valence-corrected chi connectivity index (χ1v) is 8.37. The lowest BCUT2D eigenvalue weighted by atomic mass is 9.91. The van der Waals surface area contributed by atoms with E-state index in [-0.39, 0.29) is 11.6 Å². The Bertz CT molecular complexity index is 397. The molecule has 1 N–H and O–H groups in total. The number of thiophene rings is 1. The summed E-state index contributed by atoms with van der Waals surface area (Å²) < 4.78 is 0.801. The lowest BCUT2D eigenvalue weighted by molar-refractivity contribution is -0.00745. The Hall–Kier alpha value is -0.0900. The van der Waals surface area contributed by atoms with Gasteiger partial charge >= 0.3 is 0 Å². The molecule has 0 aliphatic carbocycles. The molecule has 4 heteroatoms. The molecule has 1 aliphatic rings. The molecule has 2 heterocycles. The Morgan fingerprint density at radius 3 is 2.42 bits per heavy atom. The smallest absolute Gasteiger partial charge is 0.0931 e. The highest BCUT2D eigenvalue weighted by Gasteiger charge is 2.34. The van der Waals surface area contributed by atoms with Gasteiger partial charge < -0.3 is 5.11 Å². The standard InChI is InChI=1S/C15H24ClNOS/c1-15(2,17-9-5-3-4-6-10-17)13(18)11-12-7-8-14(16)19-12/h7-8,13,18H,3-6,9-11H2,1-2H3. The minimum Gasteiger partial charge on any atom is -0.391 e. The summed E-state index contributed by atoms with van der Waals surface area (Å²) in [6.07, 6.45) is 5.50. The summed E-state index contributed by atoms with van der Waals surface area (Å²) in [5.74, 6) is 0. The van der Waals surface area contributed by atoms with Crippen LogP contribution in [0.2, 0.25) is 4.34 Å². The molecule has 1 unspecified atom stereocenters. The fraction of sp³-hybridized carbons (Fsp3) is 0.733. The van der Waals surface area contributed by atoms with Gasteiger partial charge in [0.25, 0.3) is 0 Å². The van der Waals surface area contributed by atoms with E-state index in [1.54, 1.807) is 11.3 Å². The maximum absolute atomic E-state index is 10.6. The predicted molar refractivity (Wildman–Crippen MR) is 83.2 cm³/mol. The van der Waals surface area contributed by atoms with Crippen molar-refractivity contribution in [2.75, 3.05) is 13.1 Å². The number of nitrogens with zero attached hydrogens (tertiary/aromatic N) is 1. The second kappa shape index (κ2) is 6.57. The SMILES string of the molecule is CC(C)(C(O)Cc1ccc(Cl)s1)N1CCCCCC1. The number of rotatable bonds is 4. The molecule has 0 radical (unpaired) electrons. The minimum atomic E-state index is -0.347. The number of hydrogen-bond acceptors (Lipinski definition) is 3. The fourth-order valence-electron chi connectivity index (χ4n) is 2.76. The van der Waals surface area contributed by atoms with E-state index in [1.165, 1.54) is 30.6 Å². The largest absolute Gasteiger partial charge is 0.391 e. The third-order valence-electron chi connectivity index (χ3n) is 4.26. The monoisotopic (exact) mass is 301 g/mol. The van der Waals surface area contributed by atoms with Crippen LogP contribution in [-0.2, 0) is 6.42 Å². The molecule has 1 fully saturated rings. The molecule has 2 rings (SSSR count). The van der Waals surface area contributed by atoms with Crippen LogP contribution >= 0.6 is 22.9 Å². The lowest BCUT2D eigenvalue weighted by Gasteiger charge is -2.41. The Morgan fingerprint density at radius 2 is 1.89 bits per heavy atom. The van der Waals surface area contributed by atoms with Gasteiger partial charge in [-0.2, -0.15) is 0 Å². The van der Waals surface area contributed by atoms with Gasteiger partial charge in [0.05, 0.1) is 10.4 Å². The zero-order chi connectivity index (χ0) is 13.9. The molecule has 2 nitrogen and oxygen atoms in total. The minimum absolute atomic E-state index is 0.166. The number of hydrogen-bond donors (Lipinski definition) is 1. The summed E-state index contributed by atoms with van der Waals surface area (Å²) in [4.78, 5) is 3.63. The Labute approximate surface area is 125 Å². The average Bonchev–Trinajstić information content (AvgIpc) is 2.63. The van der Waals surface area contributed by atoms with Crippen LogP contribution in [0, 0.1) is 0 Å². The Balaban J connectivity index is 2.00. The molecule has 19 heavy (non-hydrogen) atoms. The maximum Gasteiger partial charge on any atom is 0.0931 e. The Morgan fingerprint density at radius 1 is 1.26 bits per heavy atom. The van der Waals surface area contributed by atoms with E-state index in [2.05, 4.69) is 18.7 Å². The van der Waals surface area contributed by atoms with Crippen molar-refractivity contribution in [3.05, 3.63) is 21.3 Å². The topological polar surface area (TPSA) is 23.5 Å². The molecular weight excluding hydrogens is 278 g/mol. The van der Waals surface area contributed by atoms with Crippen molar-refractivity contribution in [1.82, 2.24) is 4.90 Å².